The van der Waals surface area contributed by atoms with Crippen LogP contribution in [0.1, 0.15) is 0 Å². The highest BCUT2D eigenvalue weighted by Gasteiger charge is 2.20. The molecule has 0 amide bonds. The van der Waals surface area contributed by atoms with Gasteiger partial charge in [0.1, 0.15) is 0 Å². The van der Waals surface area contributed by atoms with E-state index in [9.17, 15) is 0 Å². The van der Waals surface area contributed by atoms with E-state index in [4.69, 9.17) is 0 Å². The lowest BCUT2D eigenvalue weighted by Gasteiger charge is -2.20. The molecule has 268 valence electrons. The zero-order valence-corrected chi connectivity index (χ0v) is 32.9. The molecule has 2 heteroatoms. The van der Waals surface area contributed by atoms with Crippen LogP contribution in [0.4, 0.5) is 0 Å². The highest BCUT2D eigenvalue weighted by Crippen LogP contribution is 2.49. The van der Waals surface area contributed by atoms with Crippen molar-refractivity contribution in [3.8, 4) is 33.4 Å². The minimum Gasteiger partial charge on any atom is -0.134 e. The minimum atomic E-state index is 1.24. The molecule has 0 aliphatic rings. The topological polar surface area (TPSA) is 0 Å². The van der Waals surface area contributed by atoms with Crippen LogP contribution in [0.2, 0.25) is 0 Å². The minimum absolute atomic E-state index is 1.24. The molecule has 0 fully saturated rings. The molecule has 0 spiro atoms. The van der Waals surface area contributed by atoms with E-state index < -0.39 is 0 Å². The molecule has 0 saturated carbocycles. The summed E-state index contributed by atoms with van der Waals surface area (Å²) in [5.74, 6) is 0. The van der Waals surface area contributed by atoms with E-state index in [1.54, 1.807) is 0 Å². The third kappa shape index (κ3) is 4.62. The SMILES string of the molecule is c1ccc2c(-c3c4ccccc4c(-c4ccc(-c5ccc6cc7sc8c(ccc9c%10ccccc%10sc98)c7cc6c5)c5ccccc45)c4ccccc34)cccc2c1. The molecule has 0 atom stereocenters. The monoisotopic (exact) mass is 768 g/mol. The van der Waals surface area contributed by atoms with Crippen LogP contribution in [-0.2, 0) is 0 Å². The first-order valence-corrected chi connectivity index (χ1v) is 21.5. The molecule has 13 aromatic rings. The van der Waals surface area contributed by atoms with E-state index in [-0.39, 0.29) is 0 Å². The number of hydrogen-bond donors (Lipinski definition) is 0. The first-order valence-electron chi connectivity index (χ1n) is 19.9. The average molecular weight is 769 g/mol. The van der Waals surface area contributed by atoms with Gasteiger partial charge in [-0.05, 0) is 112 Å². The van der Waals surface area contributed by atoms with Crippen LogP contribution in [0.25, 0.3) is 128 Å². The molecule has 11 aromatic carbocycles. The Bertz CT molecular complexity index is 3800. The second-order valence-electron chi connectivity index (χ2n) is 15.5. The van der Waals surface area contributed by atoms with E-state index >= 15 is 0 Å². The number of benzene rings is 11. The van der Waals surface area contributed by atoms with Crippen LogP contribution in [0.5, 0.6) is 0 Å². The molecule has 13 rings (SSSR count). The molecule has 2 aromatic heterocycles. The van der Waals surface area contributed by atoms with E-state index in [2.05, 4.69) is 194 Å². The Morgan fingerprint density at radius 1 is 0.241 bits per heavy atom. The highest BCUT2D eigenvalue weighted by molar-refractivity contribution is 7.33. The number of thiophene rings is 2. The molecule has 2 heterocycles. The lowest BCUT2D eigenvalue weighted by Crippen LogP contribution is -1.93. The largest absolute Gasteiger partial charge is 0.134 e. The van der Waals surface area contributed by atoms with Gasteiger partial charge in [-0.25, -0.2) is 0 Å². The average Bonchev–Trinajstić information content (AvgIpc) is 3.85. The van der Waals surface area contributed by atoms with Crippen molar-refractivity contribution in [2.45, 2.75) is 0 Å². The third-order valence-electron chi connectivity index (χ3n) is 12.4. The molecule has 0 N–H and O–H groups in total. The van der Waals surface area contributed by atoms with Crippen LogP contribution in [0.15, 0.2) is 194 Å². The fourth-order valence-electron chi connectivity index (χ4n) is 9.85. The molecule has 0 aliphatic heterocycles. The van der Waals surface area contributed by atoms with E-state index in [0.717, 1.165) is 0 Å². The predicted octanol–water partition coefficient (Wildman–Crippen LogP) is 17.2. The van der Waals surface area contributed by atoms with Gasteiger partial charge in [0.05, 0.1) is 9.40 Å². The fraction of sp³-hybridized carbons (Fsp3) is 0. The van der Waals surface area contributed by atoms with Crippen LogP contribution in [0, 0.1) is 0 Å². The quantitative estimate of drug-likeness (QED) is 0.157. The van der Waals surface area contributed by atoms with Crippen LogP contribution in [-0.4, -0.2) is 0 Å². The Labute approximate surface area is 342 Å². The van der Waals surface area contributed by atoms with Crippen molar-refractivity contribution in [2.24, 2.45) is 0 Å². The molecule has 0 radical (unpaired) electrons. The third-order valence-corrected chi connectivity index (χ3v) is 15.0. The van der Waals surface area contributed by atoms with Crippen LogP contribution < -0.4 is 0 Å². The van der Waals surface area contributed by atoms with Gasteiger partial charge in [-0.15, -0.1) is 22.7 Å². The summed E-state index contributed by atoms with van der Waals surface area (Å²) >= 11 is 3.86. The Morgan fingerprint density at radius 2 is 0.759 bits per heavy atom. The van der Waals surface area contributed by atoms with Gasteiger partial charge in [0.2, 0.25) is 0 Å². The highest BCUT2D eigenvalue weighted by atomic mass is 32.1. The predicted molar refractivity (Wildman–Crippen MR) is 256 cm³/mol. The van der Waals surface area contributed by atoms with Gasteiger partial charge in [-0.2, -0.15) is 0 Å². The van der Waals surface area contributed by atoms with E-state index in [1.165, 1.54) is 128 Å². The normalized spacial score (nSPS) is 12.1. The standard InChI is InChI=1S/C56H32S2/c1-2-14-37-33(12-1)13-11-22-42(37)53-43-18-5-7-20-45(43)54(46-21-8-6-19-44(46)53)47-27-26-38(39-15-3-4-16-40(39)47)35-25-24-34-32-52-50(31-36(34)30-35)49-29-28-48-41-17-9-10-23-51(41)57-55(48)56(49)58-52/h1-32H. The van der Waals surface area contributed by atoms with Gasteiger partial charge in [0, 0.05) is 30.9 Å². The lowest BCUT2D eigenvalue weighted by atomic mass is 9.83. The molecule has 0 saturated heterocycles. The maximum Gasteiger partial charge on any atom is 0.0534 e. The first kappa shape index (κ1) is 32.3. The first-order chi connectivity index (χ1) is 28.8. The fourth-order valence-corrected chi connectivity index (χ4v) is 12.4. The maximum atomic E-state index is 2.43. The summed E-state index contributed by atoms with van der Waals surface area (Å²) in [7, 11) is 0. The molecule has 0 nitrogen and oxygen atoms in total. The summed E-state index contributed by atoms with van der Waals surface area (Å²) < 4.78 is 5.51. The smallest absolute Gasteiger partial charge is 0.0534 e. The molecule has 0 aliphatic carbocycles. The van der Waals surface area contributed by atoms with Gasteiger partial charge >= 0.3 is 0 Å². The summed E-state index contributed by atoms with van der Waals surface area (Å²) in [6, 6.07) is 72.6. The van der Waals surface area contributed by atoms with Crippen molar-refractivity contribution in [3.63, 3.8) is 0 Å². The molecule has 0 bridgehead atoms. The van der Waals surface area contributed by atoms with Gasteiger partial charge in [-0.1, -0.05) is 170 Å². The van der Waals surface area contributed by atoms with Crippen LogP contribution in [0.3, 0.4) is 0 Å². The molecule has 0 unspecified atom stereocenters. The molecule has 58 heavy (non-hydrogen) atoms. The Balaban J connectivity index is 1.01. The summed E-state index contributed by atoms with van der Waals surface area (Å²) in [5.41, 5.74) is 7.61. The molecular weight excluding hydrogens is 737 g/mol. The summed E-state index contributed by atoms with van der Waals surface area (Å²) in [4.78, 5) is 0. The van der Waals surface area contributed by atoms with Crippen molar-refractivity contribution in [1.29, 1.82) is 0 Å². The van der Waals surface area contributed by atoms with Crippen molar-refractivity contribution in [2.75, 3.05) is 0 Å². The van der Waals surface area contributed by atoms with Crippen molar-refractivity contribution < 1.29 is 0 Å². The van der Waals surface area contributed by atoms with Gasteiger partial charge < -0.3 is 0 Å². The molecular formula is C56H32S2. The summed E-state index contributed by atoms with van der Waals surface area (Å²) in [5, 5.41) is 18.1. The number of rotatable bonds is 3. The van der Waals surface area contributed by atoms with Gasteiger partial charge in [0.15, 0.2) is 0 Å². The number of hydrogen-bond acceptors (Lipinski definition) is 2. The number of fused-ring (bicyclic) bond motifs is 12. The summed E-state index contributed by atoms with van der Waals surface area (Å²) in [6.07, 6.45) is 0. The summed E-state index contributed by atoms with van der Waals surface area (Å²) in [6.45, 7) is 0. The Hall–Kier alpha value is -6.84. The maximum absolute atomic E-state index is 2.43. The zero-order chi connectivity index (χ0) is 37.9. The Morgan fingerprint density at radius 3 is 1.47 bits per heavy atom. The zero-order valence-electron chi connectivity index (χ0n) is 31.3. The second kappa shape index (κ2) is 12.3. The van der Waals surface area contributed by atoms with E-state index in [1.807, 2.05) is 22.7 Å². The van der Waals surface area contributed by atoms with Crippen molar-refractivity contribution in [1.82, 2.24) is 0 Å². The van der Waals surface area contributed by atoms with Gasteiger partial charge in [0.25, 0.3) is 0 Å². The van der Waals surface area contributed by atoms with Crippen LogP contribution >= 0.6 is 22.7 Å². The lowest BCUT2D eigenvalue weighted by molar-refractivity contribution is 1.67. The Kier molecular flexibility index (Phi) is 6.86. The second-order valence-corrected chi connectivity index (χ2v) is 17.6. The van der Waals surface area contributed by atoms with Crippen molar-refractivity contribution >= 4 is 117 Å². The van der Waals surface area contributed by atoms with Gasteiger partial charge in [-0.3, -0.25) is 0 Å². The van der Waals surface area contributed by atoms with E-state index in [0.29, 0.717) is 0 Å². The van der Waals surface area contributed by atoms with Crippen molar-refractivity contribution in [3.05, 3.63) is 194 Å².